The first kappa shape index (κ1) is 12.9. The maximum atomic E-state index is 13.6. The second-order valence-corrected chi connectivity index (χ2v) is 4.38. The lowest BCUT2D eigenvalue weighted by atomic mass is 10.2. The lowest BCUT2D eigenvalue weighted by molar-refractivity contribution is 0.288. The van der Waals surface area contributed by atoms with Crippen molar-refractivity contribution >= 4 is 15.9 Å². The Hall–Kier alpha value is -1.55. The summed E-state index contributed by atoms with van der Waals surface area (Å²) in [4.78, 5) is 0. The molecule has 0 atom stereocenters. The molecule has 2 nitrogen and oxygen atoms in total. The number of hydrogen-bond acceptors (Lipinski definition) is 2. The monoisotopic (exact) mass is 310 g/mol. The van der Waals surface area contributed by atoms with E-state index in [1.54, 1.807) is 30.3 Å². The number of halogens is 2. The van der Waals surface area contributed by atoms with E-state index in [0.29, 0.717) is 5.33 Å². The Morgan fingerprint density at radius 2 is 1.83 bits per heavy atom. The van der Waals surface area contributed by atoms with Crippen molar-refractivity contribution in [1.29, 1.82) is 0 Å². The Bertz CT molecular complexity index is 526. The molecule has 94 valence electrons. The number of alkyl halides is 1. The molecule has 0 radical (unpaired) electrons. The van der Waals surface area contributed by atoms with Crippen LogP contribution in [0.1, 0.15) is 11.1 Å². The normalized spacial score (nSPS) is 10.3. The summed E-state index contributed by atoms with van der Waals surface area (Å²) in [6.07, 6.45) is 0. The van der Waals surface area contributed by atoms with Gasteiger partial charge in [-0.25, -0.2) is 4.39 Å². The number of para-hydroxylation sites is 1. The Labute approximate surface area is 113 Å². The molecular weight excluding hydrogens is 299 g/mol. The average Bonchev–Trinajstić information content (AvgIpc) is 2.39. The van der Waals surface area contributed by atoms with E-state index >= 15 is 0 Å². The molecule has 1 N–H and O–H groups in total. The van der Waals surface area contributed by atoms with Crippen LogP contribution in [-0.2, 0) is 11.9 Å². The first-order valence-electron chi connectivity index (χ1n) is 5.45. The van der Waals surface area contributed by atoms with Crippen molar-refractivity contribution in [1.82, 2.24) is 0 Å². The van der Waals surface area contributed by atoms with Crippen molar-refractivity contribution in [2.24, 2.45) is 0 Å². The highest BCUT2D eigenvalue weighted by atomic mass is 79.9. The van der Waals surface area contributed by atoms with E-state index in [4.69, 9.17) is 9.84 Å². The number of hydrogen-bond donors (Lipinski definition) is 1. The summed E-state index contributed by atoms with van der Waals surface area (Å²) in [5.41, 5.74) is 1.64. The van der Waals surface area contributed by atoms with Gasteiger partial charge in [0.25, 0.3) is 0 Å². The predicted octanol–water partition coefficient (Wildman–Crippen LogP) is 4.01. The van der Waals surface area contributed by atoms with Gasteiger partial charge in [0.1, 0.15) is 12.4 Å². The molecule has 0 saturated heterocycles. The third kappa shape index (κ3) is 3.01. The van der Waals surface area contributed by atoms with Crippen LogP contribution in [0.2, 0.25) is 0 Å². The van der Waals surface area contributed by atoms with E-state index in [9.17, 15) is 4.39 Å². The Morgan fingerprint density at radius 3 is 2.50 bits per heavy atom. The van der Waals surface area contributed by atoms with Crippen molar-refractivity contribution in [3.63, 3.8) is 0 Å². The van der Waals surface area contributed by atoms with Gasteiger partial charge in [-0.3, -0.25) is 0 Å². The first-order valence-corrected chi connectivity index (χ1v) is 6.57. The van der Waals surface area contributed by atoms with Crippen molar-refractivity contribution in [2.45, 2.75) is 11.9 Å². The molecule has 0 saturated carbocycles. The zero-order valence-electron chi connectivity index (χ0n) is 9.57. The van der Waals surface area contributed by atoms with Crippen molar-refractivity contribution in [3.8, 4) is 11.5 Å². The number of ether oxygens (including phenoxy) is 1. The summed E-state index contributed by atoms with van der Waals surface area (Å²) in [5.74, 6) is 0.0963. The molecule has 0 aliphatic carbocycles. The fourth-order valence-electron chi connectivity index (χ4n) is 1.57. The Morgan fingerprint density at radius 1 is 1.11 bits per heavy atom. The Balaban J connectivity index is 2.12. The minimum atomic E-state index is -0.370. The van der Waals surface area contributed by atoms with E-state index in [-0.39, 0.29) is 23.9 Å². The van der Waals surface area contributed by atoms with Gasteiger partial charge in [-0.1, -0.05) is 40.2 Å². The molecule has 0 aromatic heterocycles. The maximum Gasteiger partial charge on any atom is 0.165 e. The number of rotatable bonds is 4. The predicted molar refractivity (Wildman–Crippen MR) is 71.5 cm³/mol. The van der Waals surface area contributed by atoms with Crippen molar-refractivity contribution in [2.75, 3.05) is 0 Å². The lowest BCUT2D eigenvalue weighted by Gasteiger charge is -2.11. The molecule has 0 bridgehead atoms. The smallest absolute Gasteiger partial charge is 0.165 e. The second kappa shape index (κ2) is 5.87. The summed E-state index contributed by atoms with van der Waals surface area (Å²) in [7, 11) is 0. The van der Waals surface area contributed by atoms with Crippen LogP contribution in [-0.4, -0.2) is 5.11 Å². The van der Waals surface area contributed by atoms with Crippen LogP contribution in [0.5, 0.6) is 11.5 Å². The third-order valence-corrected chi connectivity index (χ3v) is 3.12. The molecular formula is C14H12BrFO2. The highest BCUT2D eigenvalue weighted by Crippen LogP contribution is 2.25. The number of aromatic hydroxyl groups is 1. The molecule has 0 unspecified atom stereocenters. The molecule has 0 aliphatic rings. The molecule has 4 heteroatoms. The molecule has 0 spiro atoms. The van der Waals surface area contributed by atoms with E-state index in [2.05, 4.69) is 15.9 Å². The van der Waals surface area contributed by atoms with Gasteiger partial charge < -0.3 is 9.84 Å². The molecule has 2 rings (SSSR count). The van der Waals surface area contributed by atoms with Gasteiger partial charge in [-0.05, 0) is 23.8 Å². The van der Waals surface area contributed by atoms with Crippen LogP contribution in [0, 0.1) is 5.82 Å². The minimum absolute atomic E-state index is 0.200. The second-order valence-electron chi connectivity index (χ2n) is 3.82. The summed E-state index contributed by atoms with van der Waals surface area (Å²) in [5, 5.41) is 9.70. The van der Waals surface area contributed by atoms with Gasteiger partial charge in [-0.2, -0.15) is 0 Å². The molecule has 0 fully saturated rings. The van der Waals surface area contributed by atoms with E-state index in [1.807, 2.05) is 6.07 Å². The summed E-state index contributed by atoms with van der Waals surface area (Å²) < 4.78 is 19.1. The summed E-state index contributed by atoms with van der Waals surface area (Å²) in [6.45, 7) is 0.265. The highest BCUT2D eigenvalue weighted by Gasteiger charge is 2.08. The van der Waals surface area contributed by atoms with Gasteiger partial charge in [0.15, 0.2) is 11.6 Å². The van der Waals surface area contributed by atoms with Gasteiger partial charge in [-0.15, -0.1) is 0 Å². The summed E-state index contributed by atoms with van der Waals surface area (Å²) >= 11 is 3.30. The van der Waals surface area contributed by atoms with Crippen LogP contribution in [0.3, 0.4) is 0 Å². The molecule has 0 heterocycles. The number of phenolic OH excluding ortho intramolecular Hbond substituents is 1. The van der Waals surface area contributed by atoms with E-state index in [1.165, 1.54) is 6.07 Å². The first-order chi connectivity index (χ1) is 8.70. The van der Waals surface area contributed by atoms with Gasteiger partial charge in [0.05, 0.1) is 0 Å². The van der Waals surface area contributed by atoms with Crippen LogP contribution < -0.4 is 4.74 Å². The number of benzene rings is 2. The van der Waals surface area contributed by atoms with Gasteiger partial charge in [0, 0.05) is 10.9 Å². The zero-order valence-corrected chi connectivity index (χ0v) is 11.2. The molecule has 18 heavy (non-hydrogen) atoms. The lowest BCUT2D eigenvalue weighted by Crippen LogP contribution is -2.00. The van der Waals surface area contributed by atoms with E-state index in [0.717, 1.165) is 11.1 Å². The fraction of sp³-hybridized carbons (Fsp3) is 0.143. The van der Waals surface area contributed by atoms with Crippen LogP contribution in [0.25, 0.3) is 0 Å². The number of phenols is 1. The zero-order chi connectivity index (χ0) is 13.0. The molecule has 2 aromatic carbocycles. The third-order valence-electron chi connectivity index (χ3n) is 2.51. The molecule has 2 aromatic rings. The van der Waals surface area contributed by atoms with Crippen LogP contribution in [0.4, 0.5) is 4.39 Å². The van der Waals surface area contributed by atoms with Crippen LogP contribution in [0.15, 0.2) is 42.5 Å². The van der Waals surface area contributed by atoms with Gasteiger partial charge >= 0.3 is 0 Å². The molecule has 0 aliphatic heterocycles. The van der Waals surface area contributed by atoms with Crippen LogP contribution >= 0.6 is 15.9 Å². The van der Waals surface area contributed by atoms with Gasteiger partial charge in [0.2, 0.25) is 0 Å². The topological polar surface area (TPSA) is 29.5 Å². The van der Waals surface area contributed by atoms with E-state index < -0.39 is 0 Å². The average molecular weight is 311 g/mol. The maximum absolute atomic E-state index is 13.6. The SMILES string of the molecule is Oc1ccc(COc2c(F)cccc2CBr)cc1. The largest absolute Gasteiger partial charge is 0.508 e. The summed E-state index contributed by atoms with van der Waals surface area (Å²) in [6, 6.07) is 11.5. The highest BCUT2D eigenvalue weighted by molar-refractivity contribution is 9.08. The minimum Gasteiger partial charge on any atom is -0.508 e. The quantitative estimate of drug-likeness (QED) is 0.865. The standard InChI is InChI=1S/C14H12BrFO2/c15-8-11-2-1-3-13(16)14(11)18-9-10-4-6-12(17)7-5-10/h1-7,17H,8-9H2. The Kier molecular flexibility index (Phi) is 4.20. The van der Waals surface area contributed by atoms with Crippen molar-refractivity contribution in [3.05, 3.63) is 59.4 Å². The molecule has 0 amide bonds. The fourth-order valence-corrected chi connectivity index (χ4v) is 2.01. The van der Waals surface area contributed by atoms with Crippen molar-refractivity contribution < 1.29 is 14.2 Å².